The van der Waals surface area contributed by atoms with Gasteiger partial charge in [0.2, 0.25) is 11.8 Å². The summed E-state index contributed by atoms with van der Waals surface area (Å²) < 4.78 is 63.4. The number of nitriles is 1. The highest BCUT2D eigenvalue weighted by Crippen LogP contribution is 2.45. The molecule has 0 radical (unpaired) electrons. The number of hydrogen-bond donors (Lipinski definition) is 1. The van der Waals surface area contributed by atoms with Gasteiger partial charge in [0, 0.05) is 18.5 Å². The molecule has 0 spiro atoms. The zero-order chi connectivity index (χ0) is 29.9. The normalized spacial score (nSPS) is 22.7. The van der Waals surface area contributed by atoms with E-state index in [-0.39, 0.29) is 74.1 Å². The van der Waals surface area contributed by atoms with Crippen LogP contribution in [0.1, 0.15) is 56.9 Å². The second kappa shape index (κ2) is 10.8. The molecule has 2 aromatic carbocycles. The number of nitrogens with two attached hydrogens (primary N) is 1. The van der Waals surface area contributed by atoms with E-state index in [0.29, 0.717) is 13.0 Å². The summed E-state index contributed by atoms with van der Waals surface area (Å²) in [6, 6.07) is 5.74. The van der Waals surface area contributed by atoms with E-state index in [0.717, 1.165) is 57.6 Å². The predicted octanol–water partition coefficient (Wildman–Crippen LogP) is 7.10. The van der Waals surface area contributed by atoms with Gasteiger partial charge in [-0.3, -0.25) is 4.90 Å². The third-order valence-electron chi connectivity index (χ3n) is 9.09. The molecule has 43 heavy (non-hydrogen) atoms. The first-order chi connectivity index (χ1) is 20.8. The number of alkyl halides is 1. The standard InChI is InChI=1S/C31H29ClF3N5O3/c32-21-11-19-26(25(35)24(21)18-7-8-22(34)27-23(18)20(13-36)28(37)43-27)38-30(39-29(19)42-17-5-2-1-3-6-17)41-15-31-9-4-10-40(31)14-16(33)12-31/h7-8,11,16-17H,1-6,9-10,12,14-15,37H2/t16-,31+/m1/s1. The molecule has 12 heteroatoms. The number of rotatable bonds is 6. The molecule has 2 aliphatic heterocycles. The molecule has 4 heterocycles. The van der Waals surface area contributed by atoms with Gasteiger partial charge in [-0.05, 0) is 62.8 Å². The highest BCUT2D eigenvalue weighted by molar-refractivity contribution is 6.35. The number of halogens is 4. The van der Waals surface area contributed by atoms with E-state index in [4.69, 9.17) is 31.2 Å². The van der Waals surface area contributed by atoms with Crippen LogP contribution in [0, 0.1) is 23.0 Å². The van der Waals surface area contributed by atoms with Crippen molar-refractivity contribution in [2.24, 2.45) is 0 Å². The molecular weight excluding hydrogens is 583 g/mol. The van der Waals surface area contributed by atoms with Crippen molar-refractivity contribution in [3.8, 4) is 29.1 Å². The highest BCUT2D eigenvalue weighted by atomic mass is 35.5. The van der Waals surface area contributed by atoms with Gasteiger partial charge in [-0.25, -0.2) is 13.2 Å². The first-order valence-corrected chi connectivity index (χ1v) is 14.9. The Hall–Kier alpha value is -3.75. The van der Waals surface area contributed by atoms with E-state index >= 15 is 4.39 Å². The molecule has 1 aliphatic carbocycles. The highest BCUT2D eigenvalue weighted by Gasteiger charge is 2.49. The predicted molar refractivity (Wildman–Crippen MR) is 155 cm³/mol. The van der Waals surface area contributed by atoms with Gasteiger partial charge in [0.05, 0.1) is 21.3 Å². The Labute approximate surface area is 250 Å². The van der Waals surface area contributed by atoms with Gasteiger partial charge in [-0.1, -0.05) is 24.1 Å². The molecule has 4 aromatic rings. The third kappa shape index (κ3) is 4.71. The number of furan rings is 1. The Kier molecular flexibility index (Phi) is 7.01. The number of hydrogen-bond acceptors (Lipinski definition) is 8. The van der Waals surface area contributed by atoms with Gasteiger partial charge in [-0.2, -0.15) is 15.2 Å². The number of nitrogen functional groups attached to an aromatic ring is 1. The minimum absolute atomic E-state index is 0.00629. The van der Waals surface area contributed by atoms with Crippen molar-refractivity contribution in [3.05, 3.63) is 40.4 Å². The summed E-state index contributed by atoms with van der Waals surface area (Å²) in [5.74, 6) is -1.73. The maximum atomic E-state index is 16.6. The average molecular weight is 612 g/mol. The summed E-state index contributed by atoms with van der Waals surface area (Å²) in [4.78, 5) is 11.1. The minimum atomic E-state index is -0.934. The van der Waals surface area contributed by atoms with Crippen molar-refractivity contribution in [1.29, 1.82) is 5.26 Å². The van der Waals surface area contributed by atoms with E-state index in [2.05, 4.69) is 14.9 Å². The van der Waals surface area contributed by atoms with Gasteiger partial charge < -0.3 is 19.6 Å². The van der Waals surface area contributed by atoms with Crippen LogP contribution in [0.5, 0.6) is 11.9 Å². The Balaban J connectivity index is 1.36. The monoisotopic (exact) mass is 611 g/mol. The van der Waals surface area contributed by atoms with Crippen LogP contribution < -0.4 is 15.2 Å². The minimum Gasteiger partial charge on any atom is -0.474 e. The SMILES string of the molecule is N#Cc1c(N)oc2c(F)ccc(-c3c(Cl)cc4c(OC5CCCCC5)nc(OC[C@@]56CCCN5C[C@H](F)C6)nc4c3F)c12. The van der Waals surface area contributed by atoms with Crippen molar-refractivity contribution in [3.63, 3.8) is 0 Å². The van der Waals surface area contributed by atoms with Crippen molar-refractivity contribution >= 4 is 39.4 Å². The second-order valence-electron chi connectivity index (χ2n) is 11.7. The third-order valence-corrected chi connectivity index (χ3v) is 9.39. The van der Waals surface area contributed by atoms with Crippen LogP contribution in [0.3, 0.4) is 0 Å². The van der Waals surface area contributed by atoms with Crippen LogP contribution in [0.4, 0.5) is 19.1 Å². The Morgan fingerprint density at radius 3 is 2.79 bits per heavy atom. The van der Waals surface area contributed by atoms with Crippen LogP contribution in [0.25, 0.3) is 33.0 Å². The molecular formula is C31H29ClF3N5O3. The average Bonchev–Trinajstić information content (AvgIpc) is 3.63. The maximum absolute atomic E-state index is 16.6. The zero-order valence-electron chi connectivity index (χ0n) is 23.3. The van der Waals surface area contributed by atoms with Crippen molar-refractivity contribution in [2.75, 3.05) is 25.4 Å². The molecule has 3 fully saturated rings. The van der Waals surface area contributed by atoms with Gasteiger partial charge in [0.25, 0.3) is 0 Å². The Bertz CT molecular complexity index is 1790. The van der Waals surface area contributed by atoms with E-state index in [1.165, 1.54) is 12.1 Å². The summed E-state index contributed by atoms with van der Waals surface area (Å²) >= 11 is 6.70. The number of anilines is 1. The fourth-order valence-electron chi connectivity index (χ4n) is 7.05. The van der Waals surface area contributed by atoms with Crippen LogP contribution in [-0.2, 0) is 0 Å². The summed E-state index contributed by atoms with van der Waals surface area (Å²) in [5.41, 5.74) is 4.87. The molecule has 0 bridgehead atoms. The Morgan fingerprint density at radius 1 is 1.19 bits per heavy atom. The molecule has 2 N–H and O–H groups in total. The first-order valence-electron chi connectivity index (χ1n) is 14.6. The van der Waals surface area contributed by atoms with Gasteiger partial charge in [0.15, 0.2) is 17.2 Å². The van der Waals surface area contributed by atoms with E-state index in [1.54, 1.807) is 0 Å². The molecule has 224 valence electrons. The van der Waals surface area contributed by atoms with Crippen LogP contribution in [0.2, 0.25) is 5.02 Å². The summed E-state index contributed by atoms with van der Waals surface area (Å²) in [5, 5.41) is 9.95. The second-order valence-corrected chi connectivity index (χ2v) is 12.2. The van der Waals surface area contributed by atoms with Crippen molar-refractivity contribution in [2.45, 2.75) is 69.2 Å². The fourth-order valence-corrected chi connectivity index (χ4v) is 7.34. The van der Waals surface area contributed by atoms with Gasteiger partial charge in [0.1, 0.15) is 36.0 Å². The van der Waals surface area contributed by atoms with Crippen molar-refractivity contribution in [1.82, 2.24) is 14.9 Å². The lowest BCUT2D eigenvalue weighted by atomic mass is 9.95. The molecule has 2 atom stereocenters. The molecule has 8 nitrogen and oxygen atoms in total. The van der Waals surface area contributed by atoms with Gasteiger partial charge >= 0.3 is 6.01 Å². The molecule has 1 saturated carbocycles. The van der Waals surface area contributed by atoms with E-state index in [9.17, 15) is 14.0 Å². The maximum Gasteiger partial charge on any atom is 0.320 e. The number of nitrogens with zero attached hydrogens (tertiary/aromatic N) is 4. The lowest BCUT2D eigenvalue weighted by molar-refractivity contribution is 0.105. The fraction of sp³-hybridized carbons (Fsp3) is 0.452. The van der Waals surface area contributed by atoms with Gasteiger partial charge in [-0.15, -0.1) is 0 Å². The molecule has 0 unspecified atom stereocenters. The van der Waals surface area contributed by atoms with E-state index in [1.807, 2.05) is 6.07 Å². The number of aromatic nitrogens is 2. The molecule has 0 amide bonds. The molecule has 3 aliphatic rings. The molecule has 2 saturated heterocycles. The summed E-state index contributed by atoms with van der Waals surface area (Å²) in [6.07, 6.45) is 5.84. The lowest BCUT2D eigenvalue weighted by Crippen LogP contribution is -2.43. The van der Waals surface area contributed by atoms with Crippen LogP contribution >= 0.6 is 11.6 Å². The first kappa shape index (κ1) is 28.0. The quantitative estimate of drug-likeness (QED) is 0.246. The largest absolute Gasteiger partial charge is 0.474 e. The number of ether oxygens (including phenoxy) is 2. The summed E-state index contributed by atoms with van der Waals surface area (Å²) in [7, 11) is 0. The summed E-state index contributed by atoms with van der Waals surface area (Å²) in [6.45, 7) is 1.32. The topological polar surface area (TPSA) is 110 Å². The van der Waals surface area contributed by atoms with Crippen LogP contribution in [0.15, 0.2) is 22.6 Å². The van der Waals surface area contributed by atoms with Crippen LogP contribution in [-0.4, -0.2) is 52.4 Å². The smallest absolute Gasteiger partial charge is 0.320 e. The van der Waals surface area contributed by atoms with Crippen molar-refractivity contribution < 1.29 is 27.1 Å². The lowest BCUT2D eigenvalue weighted by Gasteiger charge is -2.31. The molecule has 7 rings (SSSR count). The number of benzene rings is 2. The number of fused-ring (bicyclic) bond motifs is 3. The molecule has 2 aromatic heterocycles. The Morgan fingerprint density at radius 2 is 2.00 bits per heavy atom. The zero-order valence-corrected chi connectivity index (χ0v) is 24.0. The van der Waals surface area contributed by atoms with E-state index < -0.39 is 23.3 Å².